The second-order valence-corrected chi connectivity index (χ2v) is 9.30. The van der Waals surface area contributed by atoms with Crippen molar-refractivity contribution in [3.8, 4) is 5.75 Å². The summed E-state index contributed by atoms with van der Waals surface area (Å²) in [4.78, 5) is 12.5. The molecule has 0 saturated carbocycles. The third-order valence-electron chi connectivity index (χ3n) is 4.64. The minimum atomic E-state index is -3.68. The third kappa shape index (κ3) is 5.77. The first-order valence-electron chi connectivity index (χ1n) is 9.59. The van der Waals surface area contributed by atoms with E-state index in [2.05, 4.69) is 5.32 Å². The Balaban J connectivity index is 1.56. The topological polar surface area (TPSA) is 75.7 Å². The summed E-state index contributed by atoms with van der Waals surface area (Å²) >= 11 is 5.83. The highest BCUT2D eigenvalue weighted by atomic mass is 35.5. The van der Waals surface area contributed by atoms with Gasteiger partial charge in [0.1, 0.15) is 12.4 Å². The smallest absolute Gasteiger partial charge is 0.264 e. The van der Waals surface area contributed by atoms with Crippen LogP contribution in [-0.4, -0.2) is 34.5 Å². The van der Waals surface area contributed by atoms with E-state index in [4.69, 9.17) is 16.3 Å². The Hall–Kier alpha value is -3.03. The van der Waals surface area contributed by atoms with Crippen molar-refractivity contribution in [1.82, 2.24) is 5.32 Å². The van der Waals surface area contributed by atoms with Crippen LogP contribution in [0.25, 0.3) is 0 Å². The molecule has 162 valence electrons. The van der Waals surface area contributed by atoms with Gasteiger partial charge in [-0.05, 0) is 67.6 Å². The number of nitrogens with one attached hydrogen (secondary N) is 1. The second kappa shape index (κ2) is 9.85. The molecule has 0 unspecified atom stereocenters. The van der Waals surface area contributed by atoms with E-state index in [1.165, 1.54) is 11.4 Å². The molecule has 0 saturated heterocycles. The van der Waals surface area contributed by atoms with E-state index in [1.54, 1.807) is 72.8 Å². The number of nitrogens with zero attached hydrogens (tertiary/aromatic N) is 1. The highest BCUT2D eigenvalue weighted by molar-refractivity contribution is 7.92. The van der Waals surface area contributed by atoms with Crippen LogP contribution in [0.4, 0.5) is 5.69 Å². The first-order chi connectivity index (χ1) is 14.8. The Bertz CT molecular complexity index is 1130. The molecule has 0 aliphatic heterocycles. The fourth-order valence-electron chi connectivity index (χ4n) is 2.80. The van der Waals surface area contributed by atoms with Gasteiger partial charge < -0.3 is 10.1 Å². The molecular weight excluding hydrogens is 436 g/mol. The number of hydrogen-bond acceptors (Lipinski definition) is 4. The van der Waals surface area contributed by atoms with Gasteiger partial charge >= 0.3 is 0 Å². The molecule has 0 atom stereocenters. The summed E-state index contributed by atoms with van der Waals surface area (Å²) in [6, 6.07) is 20.0. The lowest BCUT2D eigenvalue weighted by Gasteiger charge is -2.20. The average molecular weight is 459 g/mol. The van der Waals surface area contributed by atoms with Crippen LogP contribution in [0, 0.1) is 6.92 Å². The van der Waals surface area contributed by atoms with Crippen LogP contribution < -0.4 is 14.4 Å². The maximum Gasteiger partial charge on any atom is 0.264 e. The van der Waals surface area contributed by atoms with Crippen LogP contribution in [0.3, 0.4) is 0 Å². The normalized spacial score (nSPS) is 11.1. The predicted molar refractivity (Wildman–Crippen MR) is 122 cm³/mol. The van der Waals surface area contributed by atoms with Crippen LogP contribution in [-0.2, 0) is 10.0 Å². The zero-order valence-electron chi connectivity index (χ0n) is 17.2. The molecule has 0 radical (unpaired) electrons. The predicted octanol–water partition coefficient (Wildman–Crippen LogP) is 4.28. The molecule has 1 amide bonds. The first-order valence-corrected chi connectivity index (χ1v) is 11.4. The molecule has 0 aromatic heterocycles. The molecule has 1 N–H and O–H groups in total. The van der Waals surface area contributed by atoms with Gasteiger partial charge in [-0.1, -0.05) is 29.3 Å². The maximum absolute atomic E-state index is 12.8. The summed E-state index contributed by atoms with van der Waals surface area (Å²) in [7, 11) is -2.20. The van der Waals surface area contributed by atoms with Crippen LogP contribution in [0.2, 0.25) is 5.02 Å². The van der Waals surface area contributed by atoms with Crippen LogP contribution in [0.5, 0.6) is 5.75 Å². The number of aryl methyl sites for hydroxylation is 1. The largest absolute Gasteiger partial charge is 0.492 e. The van der Waals surface area contributed by atoms with Gasteiger partial charge in [0, 0.05) is 17.6 Å². The summed E-state index contributed by atoms with van der Waals surface area (Å²) in [5, 5.41) is 3.40. The molecule has 6 nitrogen and oxygen atoms in total. The van der Waals surface area contributed by atoms with Crippen molar-refractivity contribution < 1.29 is 17.9 Å². The molecule has 0 fully saturated rings. The zero-order chi connectivity index (χ0) is 22.4. The average Bonchev–Trinajstić information content (AvgIpc) is 2.77. The van der Waals surface area contributed by atoms with E-state index < -0.39 is 10.0 Å². The minimum Gasteiger partial charge on any atom is -0.492 e. The number of ether oxygens (including phenoxy) is 1. The Morgan fingerprint density at radius 3 is 2.19 bits per heavy atom. The van der Waals surface area contributed by atoms with Gasteiger partial charge in [0.2, 0.25) is 0 Å². The number of anilines is 1. The van der Waals surface area contributed by atoms with E-state index in [0.29, 0.717) is 35.2 Å². The molecule has 31 heavy (non-hydrogen) atoms. The minimum absolute atomic E-state index is 0.211. The Labute approximate surface area is 187 Å². The standard InChI is InChI=1S/C23H23ClN2O4S/c1-17-3-13-22(14-4-17)31(28,29)26(2)20-9-5-18(6-10-20)23(27)25-15-16-30-21-11-7-19(24)8-12-21/h3-14H,15-16H2,1-2H3,(H,25,27). The first kappa shape index (κ1) is 22.7. The van der Waals surface area contributed by atoms with E-state index in [0.717, 1.165) is 5.56 Å². The fraction of sp³-hybridized carbons (Fsp3) is 0.174. The lowest BCUT2D eigenvalue weighted by molar-refractivity contribution is 0.0947. The summed E-state index contributed by atoms with van der Waals surface area (Å²) in [6.45, 7) is 2.53. The number of benzene rings is 3. The summed E-state index contributed by atoms with van der Waals surface area (Å²) in [5.41, 5.74) is 1.87. The van der Waals surface area contributed by atoms with Crippen LogP contribution in [0.1, 0.15) is 15.9 Å². The third-order valence-corrected chi connectivity index (χ3v) is 6.69. The Kier molecular flexibility index (Phi) is 7.20. The molecule has 0 aliphatic rings. The molecule has 0 heterocycles. The number of amides is 1. The van der Waals surface area contributed by atoms with Crippen molar-refractivity contribution in [3.05, 3.63) is 88.9 Å². The molecule has 0 aliphatic carbocycles. The SMILES string of the molecule is Cc1ccc(S(=O)(=O)N(C)c2ccc(C(=O)NCCOc3ccc(Cl)cc3)cc2)cc1. The number of carbonyl (C=O) groups is 1. The summed E-state index contributed by atoms with van der Waals surface area (Å²) in [5.74, 6) is 0.399. The van der Waals surface area contributed by atoms with Crippen LogP contribution >= 0.6 is 11.6 Å². The van der Waals surface area contributed by atoms with Crippen LogP contribution in [0.15, 0.2) is 77.7 Å². The molecule has 0 spiro atoms. The van der Waals surface area contributed by atoms with Crippen molar-refractivity contribution in [2.75, 3.05) is 24.5 Å². The van der Waals surface area contributed by atoms with Gasteiger partial charge in [0.25, 0.3) is 15.9 Å². The molecule has 3 aromatic carbocycles. The van der Waals surface area contributed by atoms with Gasteiger partial charge in [-0.15, -0.1) is 0 Å². The number of carbonyl (C=O) groups excluding carboxylic acids is 1. The van der Waals surface area contributed by atoms with Crippen molar-refractivity contribution in [2.24, 2.45) is 0 Å². The van der Waals surface area contributed by atoms with Crippen molar-refractivity contribution in [1.29, 1.82) is 0 Å². The highest BCUT2D eigenvalue weighted by Crippen LogP contribution is 2.22. The Morgan fingerprint density at radius 1 is 0.968 bits per heavy atom. The summed E-state index contributed by atoms with van der Waals surface area (Å²) < 4.78 is 32.3. The lowest BCUT2D eigenvalue weighted by atomic mass is 10.2. The molecular formula is C23H23ClN2O4S. The van der Waals surface area contributed by atoms with Gasteiger partial charge in [-0.25, -0.2) is 8.42 Å². The monoisotopic (exact) mass is 458 g/mol. The quantitative estimate of drug-likeness (QED) is 0.511. The Morgan fingerprint density at radius 2 is 1.58 bits per heavy atom. The fourth-order valence-corrected chi connectivity index (χ4v) is 4.12. The molecule has 8 heteroatoms. The molecule has 0 bridgehead atoms. The van der Waals surface area contributed by atoms with Crippen molar-refractivity contribution in [3.63, 3.8) is 0 Å². The van der Waals surface area contributed by atoms with Gasteiger partial charge in [-0.3, -0.25) is 9.10 Å². The summed E-state index contributed by atoms with van der Waals surface area (Å²) in [6.07, 6.45) is 0. The van der Waals surface area contributed by atoms with E-state index >= 15 is 0 Å². The number of rotatable bonds is 8. The lowest BCUT2D eigenvalue weighted by Crippen LogP contribution is -2.28. The molecule has 3 aromatic rings. The maximum atomic E-state index is 12.8. The van der Waals surface area contributed by atoms with Gasteiger partial charge in [0.05, 0.1) is 17.1 Å². The number of sulfonamides is 1. The van der Waals surface area contributed by atoms with E-state index in [1.807, 2.05) is 6.92 Å². The van der Waals surface area contributed by atoms with E-state index in [9.17, 15) is 13.2 Å². The van der Waals surface area contributed by atoms with Crippen molar-refractivity contribution in [2.45, 2.75) is 11.8 Å². The van der Waals surface area contributed by atoms with Gasteiger partial charge in [0.15, 0.2) is 0 Å². The highest BCUT2D eigenvalue weighted by Gasteiger charge is 2.21. The number of hydrogen-bond donors (Lipinski definition) is 1. The van der Waals surface area contributed by atoms with E-state index in [-0.39, 0.29) is 10.8 Å². The number of halogens is 1. The van der Waals surface area contributed by atoms with Gasteiger partial charge in [-0.2, -0.15) is 0 Å². The van der Waals surface area contributed by atoms with Crippen molar-refractivity contribution >= 4 is 33.2 Å². The molecule has 3 rings (SSSR count). The zero-order valence-corrected chi connectivity index (χ0v) is 18.8. The second-order valence-electron chi connectivity index (χ2n) is 6.89.